The fourth-order valence-electron chi connectivity index (χ4n) is 4.14. The van der Waals surface area contributed by atoms with Crippen LogP contribution < -0.4 is 15.1 Å². The molecule has 2 fully saturated rings. The predicted octanol–water partition coefficient (Wildman–Crippen LogP) is 3.30. The van der Waals surface area contributed by atoms with E-state index in [9.17, 15) is 9.59 Å². The van der Waals surface area contributed by atoms with Crippen molar-refractivity contribution in [2.24, 2.45) is 11.8 Å². The van der Waals surface area contributed by atoms with Crippen LogP contribution in [0.3, 0.4) is 0 Å². The minimum Gasteiger partial charge on any atom is -0.357 e. The average Bonchev–Trinajstić information content (AvgIpc) is 3.15. The summed E-state index contributed by atoms with van der Waals surface area (Å²) in [7, 11) is 0. The Kier molecular flexibility index (Phi) is 6.02. The molecule has 158 valence electrons. The Hall–Kier alpha value is -2.89. The summed E-state index contributed by atoms with van der Waals surface area (Å²) in [4.78, 5) is 33.6. The summed E-state index contributed by atoms with van der Waals surface area (Å²) in [6, 6.07) is 11.9. The number of aryl methyl sites for hydroxylation is 1. The van der Waals surface area contributed by atoms with Crippen molar-refractivity contribution < 1.29 is 9.59 Å². The van der Waals surface area contributed by atoms with Crippen molar-refractivity contribution in [1.82, 2.24) is 10.3 Å². The molecule has 6 heteroatoms. The first-order valence-electron chi connectivity index (χ1n) is 10.8. The van der Waals surface area contributed by atoms with E-state index in [-0.39, 0.29) is 24.2 Å². The van der Waals surface area contributed by atoms with Crippen molar-refractivity contribution in [3.8, 4) is 0 Å². The molecule has 0 bridgehead atoms. The van der Waals surface area contributed by atoms with Gasteiger partial charge >= 0.3 is 0 Å². The fraction of sp³-hybridized carbons (Fsp3) is 0.458. The molecule has 2 aliphatic rings. The Balaban J connectivity index is 1.29. The average molecular weight is 407 g/mol. The highest BCUT2D eigenvalue weighted by Gasteiger charge is 2.34. The molecular weight excluding hydrogens is 376 g/mol. The van der Waals surface area contributed by atoms with Crippen LogP contribution in [0.15, 0.2) is 42.6 Å². The first-order chi connectivity index (χ1) is 14.5. The van der Waals surface area contributed by atoms with E-state index >= 15 is 0 Å². The molecule has 3 heterocycles. The highest BCUT2D eigenvalue weighted by Crippen LogP contribution is 2.26. The number of hydrogen-bond donors (Lipinski definition) is 1. The van der Waals surface area contributed by atoms with Gasteiger partial charge in [0.2, 0.25) is 11.8 Å². The smallest absolute Gasteiger partial charge is 0.227 e. The number of nitrogens with one attached hydrogen (secondary N) is 1. The van der Waals surface area contributed by atoms with Crippen LogP contribution in [0.4, 0.5) is 11.5 Å². The van der Waals surface area contributed by atoms with Crippen LogP contribution in [0.5, 0.6) is 0 Å². The molecule has 1 atom stereocenters. The molecule has 4 rings (SSSR count). The number of anilines is 2. The zero-order valence-corrected chi connectivity index (χ0v) is 17.8. The molecule has 2 saturated heterocycles. The van der Waals surface area contributed by atoms with Crippen LogP contribution >= 0.6 is 0 Å². The van der Waals surface area contributed by atoms with E-state index in [0.717, 1.165) is 41.6 Å². The molecule has 2 aliphatic heterocycles. The number of carbonyl (C=O) groups is 2. The Morgan fingerprint density at radius 1 is 1.13 bits per heavy atom. The van der Waals surface area contributed by atoms with Crippen molar-refractivity contribution in [3.63, 3.8) is 0 Å². The van der Waals surface area contributed by atoms with E-state index < -0.39 is 0 Å². The molecule has 1 unspecified atom stereocenters. The predicted molar refractivity (Wildman–Crippen MR) is 118 cm³/mol. The fourth-order valence-corrected chi connectivity index (χ4v) is 4.14. The van der Waals surface area contributed by atoms with Gasteiger partial charge in [-0.05, 0) is 49.4 Å². The number of benzene rings is 1. The Bertz CT molecular complexity index is 886. The summed E-state index contributed by atoms with van der Waals surface area (Å²) < 4.78 is 0. The SMILES string of the molecule is Cc1ccc(N2CC(C(=O)NCc3ccc(N4CCC(C)CC4)nc3)CC2=O)cc1. The highest BCUT2D eigenvalue weighted by molar-refractivity contribution is 6.00. The monoisotopic (exact) mass is 406 g/mol. The van der Waals surface area contributed by atoms with Crippen LogP contribution in [0.25, 0.3) is 0 Å². The van der Waals surface area contributed by atoms with E-state index in [1.807, 2.05) is 49.5 Å². The lowest BCUT2D eigenvalue weighted by molar-refractivity contribution is -0.126. The van der Waals surface area contributed by atoms with Crippen LogP contribution in [0.2, 0.25) is 0 Å². The first kappa shape index (κ1) is 20.4. The molecular formula is C24H30N4O2. The number of nitrogens with zero attached hydrogens (tertiary/aromatic N) is 3. The highest BCUT2D eigenvalue weighted by atomic mass is 16.2. The standard InChI is InChI=1S/C24H30N4O2/c1-17-3-6-21(7-4-17)28-16-20(13-23(28)29)24(30)26-15-19-5-8-22(25-14-19)27-11-9-18(2)10-12-27/h3-8,14,18,20H,9-13,15-16H2,1-2H3,(H,26,30). The van der Waals surface area contributed by atoms with Gasteiger partial charge in [-0.2, -0.15) is 0 Å². The number of amides is 2. The van der Waals surface area contributed by atoms with Crippen molar-refractivity contribution in [3.05, 3.63) is 53.7 Å². The van der Waals surface area contributed by atoms with E-state index in [0.29, 0.717) is 13.1 Å². The van der Waals surface area contributed by atoms with Gasteiger partial charge < -0.3 is 15.1 Å². The van der Waals surface area contributed by atoms with Crippen LogP contribution in [0.1, 0.15) is 37.3 Å². The number of aromatic nitrogens is 1. The van der Waals surface area contributed by atoms with Crippen molar-refractivity contribution in [1.29, 1.82) is 0 Å². The van der Waals surface area contributed by atoms with Gasteiger partial charge in [-0.1, -0.05) is 30.7 Å². The molecule has 2 aromatic rings. The van der Waals surface area contributed by atoms with Gasteiger partial charge in [-0.3, -0.25) is 9.59 Å². The molecule has 2 amide bonds. The quantitative estimate of drug-likeness (QED) is 0.828. The third-order valence-electron chi connectivity index (χ3n) is 6.22. The second-order valence-electron chi connectivity index (χ2n) is 8.65. The second kappa shape index (κ2) is 8.86. The molecule has 0 radical (unpaired) electrons. The van der Waals surface area contributed by atoms with Crippen LogP contribution in [0, 0.1) is 18.8 Å². The molecule has 1 aromatic carbocycles. The van der Waals surface area contributed by atoms with Gasteiger partial charge in [0.15, 0.2) is 0 Å². The normalized spacial score (nSPS) is 19.9. The third-order valence-corrected chi connectivity index (χ3v) is 6.22. The molecule has 6 nitrogen and oxygen atoms in total. The molecule has 30 heavy (non-hydrogen) atoms. The third kappa shape index (κ3) is 4.64. The zero-order valence-electron chi connectivity index (χ0n) is 17.8. The lowest BCUT2D eigenvalue weighted by atomic mass is 9.99. The van der Waals surface area contributed by atoms with Gasteiger partial charge in [-0.25, -0.2) is 4.98 Å². The molecule has 0 saturated carbocycles. The zero-order chi connectivity index (χ0) is 21.1. The van der Waals surface area contributed by atoms with Crippen LogP contribution in [-0.2, 0) is 16.1 Å². The van der Waals surface area contributed by atoms with E-state index in [1.165, 1.54) is 12.8 Å². The summed E-state index contributed by atoms with van der Waals surface area (Å²) in [5, 5.41) is 2.98. The van der Waals surface area contributed by atoms with Crippen molar-refractivity contribution in [2.45, 2.75) is 39.7 Å². The maximum atomic E-state index is 12.6. The van der Waals surface area contributed by atoms with Crippen LogP contribution in [-0.4, -0.2) is 36.4 Å². The summed E-state index contributed by atoms with van der Waals surface area (Å²) in [6.45, 7) is 7.28. The Labute approximate surface area is 178 Å². The lowest BCUT2D eigenvalue weighted by Gasteiger charge is -2.31. The van der Waals surface area contributed by atoms with Gasteiger partial charge in [0, 0.05) is 44.5 Å². The maximum Gasteiger partial charge on any atom is 0.227 e. The van der Waals surface area contributed by atoms with E-state index in [2.05, 4.69) is 22.1 Å². The minimum atomic E-state index is -0.318. The largest absolute Gasteiger partial charge is 0.357 e. The molecule has 0 spiro atoms. The lowest BCUT2D eigenvalue weighted by Crippen LogP contribution is -2.33. The van der Waals surface area contributed by atoms with E-state index in [1.54, 1.807) is 4.90 Å². The summed E-state index contributed by atoms with van der Waals surface area (Å²) in [5.74, 6) is 1.40. The van der Waals surface area contributed by atoms with Crippen molar-refractivity contribution in [2.75, 3.05) is 29.4 Å². The number of rotatable bonds is 5. The maximum absolute atomic E-state index is 12.6. The summed E-state index contributed by atoms with van der Waals surface area (Å²) in [6.07, 6.45) is 4.51. The topological polar surface area (TPSA) is 65.5 Å². The van der Waals surface area contributed by atoms with Crippen molar-refractivity contribution >= 4 is 23.3 Å². The summed E-state index contributed by atoms with van der Waals surface area (Å²) >= 11 is 0. The second-order valence-corrected chi connectivity index (χ2v) is 8.65. The Morgan fingerprint density at radius 3 is 2.53 bits per heavy atom. The molecule has 1 aromatic heterocycles. The minimum absolute atomic E-state index is 0.000808. The van der Waals surface area contributed by atoms with Gasteiger partial charge in [-0.15, -0.1) is 0 Å². The Morgan fingerprint density at radius 2 is 1.87 bits per heavy atom. The van der Waals surface area contributed by atoms with Gasteiger partial charge in [0.1, 0.15) is 5.82 Å². The summed E-state index contributed by atoms with van der Waals surface area (Å²) in [5.41, 5.74) is 2.97. The number of piperidine rings is 1. The first-order valence-corrected chi connectivity index (χ1v) is 10.8. The van der Waals surface area contributed by atoms with Gasteiger partial charge in [0.05, 0.1) is 5.92 Å². The number of hydrogen-bond acceptors (Lipinski definition) is 4. The van der Waals surface area contributed by atoms with Gasteiger partial charge in [0.25, 0.3) is 0 Å². The molecule has 0 aliphatic carbocycles. The number of carbonyl (C=O) groups excluding carboxylic acids is 2. The molecule has 1 N–H and O–H groups in total. The van der Waals surface area contributed by atoms with E-state index in [4.69, 9.17) is 0 Å². The number of pyridine rings is 1.